The van der Waals surface area contributed by atoms with E-state index in [4.69, 9.17) is 37.4 Å². The molecule has 0 spiro atoms. The maximum Gasteiger partial charge on any atom is 0.331 e. The number of carbonyl (C=O) groups is 2. The molecule has 1 aliphatic carbocycles. The number of morpholine rings is 1. The molecule has 8 rings (SSSR count). The summed E-state index contributed by atoms with van der Waals surface area (Å²) < 4.78 is 20.8. The third-order valence-corrected chi connectivity index (χ3v) is 12.6. The Labute approximate surface area is 373 Å². The number of hydrogen-bond acceptors (Lipinski definition) is 9. The van der Waals surface area contributed by atoms with Crippen molar-refractivity contribution in [3.05, 3.63) is 98.4 Å². The van der Waals surface area contributed by atoms with Crippen molar-refractivity contribution >= 4 is 40.5 Å². The number of H-pyrrole nitrogens is 2. The van der Waals surface area contributed by atoms with Crippen molar-refractivity contribution in [2.75, 3.05) is 32.8 Å². The standard InChI is InChI=1S/C28H35N5O3.C19H24ClN5O2/c1-17-6-8-21(9-7-17)26-30-27-23(28(34)36-25-19(3)14-18(2)15-20(25)4)24(29-5)22(33(27)31-26)16-32-10-12-35-13-11-32;1-10-6-7-15(11(2)8-10)27-14(5)19(26)21-9-12(3)17-22-18-16(20)13(4)23-25(18)24-17/h6-9,18-20,25H,10-16H2,1-4H3,(H,30,31);6-8,12,14,23H,9H2,1-5H3,(H,21,26). The lowest BCUT2D eigenvalue weighted by atomic mass is 9.75. The molecule has 4 aromatic heterocycles. The van der Waals surface area contributed by atoms with Crippen LogP contribution in [0.4, 0.5) is 5.69 Å². The van der Waals surface area contributed by atoms with Gasteiger partial charge in [-0.3, -0.25) is 24.4 Å². The van der Waals surface area contributed by atoms with Crippen LogP contribution in [0.15, 0.2) is 42.5 Å². The summed E-state index contributed by atoms with van der Waals surface area (Å²) in [4.78, 5) is 41.4. The number of fused-ring (bicyclic) bond motifs is 2. The second-order valence-electron chi connectivity index (χ2n) is 17.6. The third-order valence-electron chi connectivity index (χ3n) is 12.1. The molecule has 15 nitrogen and oxygen atoms in total. The first-order valence-electron chi connectivity index (χ1n) is 21.8. The number of esters is 1. The first kappa shape index (κ1) is 45.3. The molecule has 4 unspecified atom stereocenters. The van der Waals surface area contributed by atoms with Gasteiger partial charge in [0.2, 0.25) is 5.69 Å². The minimum Gasteiger partial charge on any atom is -0.481 e. The van der Waals surface area contributed by atoms with Crippen LogP contribution >= 0.6 is 11.6 Å². The summed E-state index contributed by atoms with van der Waals surface area (Å²) in [6, 6.07) is 14.0. The number of halogens is 1. The number of ether oxygens (including phenoxy) is 3. The molecule has 4 atom stereocenters. The molecule has 63 heavy (non-hydrogen) atoms. The minimum absolute atomic E-state index is 0.0630. The summed E-state index contributed by atoms with van der Waals surface area (Å²) in [5.74, 6) is 2.47. The molecule has 6 aromatic rings. The largest absolute Gasteiger partial charge is 0.481 e. The summed E-state index contributed by atoms with van der Waals surface area (Å²) in [6.07, 6.45) is 1.30. The molecule has 1 saturated heterocycles. The molecule has 3 N–H and O–H groups in total. The number of rotatable bonds is 11. The molecule has 1 saturated carbocycles. The SMILES string of the molecule is Cc1ccc(OC(C)C(=O)NCC(C)c2nc3c(Cl)c(C)[nH]n3n2)c(C)c1.[C-]#[N+]c1c(C(=O)OC2C(C)CC(C)CC2C)c2nc(-c3ccc(C)cc3)[nH]n2c1CN1CCOCC1. The van der Waals surface area contributed by atoms with Crippen molar-refractivity contribution in [3.63, 3.8) is 0 Å². The van der Waals surface area contributed by atoms with Crippen LogP contribution in [0.25, 0.3) is 27.5 Å². The van der Waals surface area contributed by atoms with Gasteiger partial charge in [-0.05, 0) is 76.8 Å². The lowest BCUT2D eigenvalue weighted by molar-refractivity contribution is -0.127. The number of nitrogens with zero attached hydrogens (tertiary/aromatic N) is 7. The average molecular weight is 880 g/mol. The van der Waals surface area contributed by atoms with E-state index in [1.165, 1.54) is 0 Å². The van der Waals surface area contributed by atoms with Crippen molar-refractivity contribution in [2.45, 2.75) is 99.8 Å². The summed E-state index contributed by atoms with van der Waals surface area (Å²) in [5, 5.41) is 14.2. The molecule has 16 heteroatoms. The molecule has 5 heterocycles. The highest BCUT2D eigenvalue weighted by Crippen LogP contribution is 2.38. The molecular formula is C47H59ClN10O5. The van der Waals surface area contributed by atoms with Crippen LogP contribution in [0.3, 0.4) is 0 Å². The highest BCUT2D eigenvalue weighted by molar-refractivity contribution is 6.34. The number of amides is 1. The number of aryl methyl sites for hydroxylation is 4. The summed E-state index contributed by atoms with van der Waals surface area (Å²) in [5.41, 5.74) is 7.43. The van der Waals surface area contributed by atoms with Gasteiger partial charge in [-0.15, -0.1) is 5.10 Å². The summed E-state index contributed by atoms with van der Waals surface area (Å²) in [7, 11) is 0. The Morgan fingerprint density at radius 1 is 0.968 bits per heavy atom. The molecular weight excluding hydrogens is 820 g/mol. The zero-order valence-electron chi connectivity index (χ0n) is 37.7. The highest BCUT2D eigenvalue weighted by atomic mass is 35.5. The van der Waals surface area contributed by atoms with Crippen LogP contribution in [0, 0.1) is 52.0 Å². The van der Waals surface area contributed by atoms with Gasteiger partial charge in [-0.2, -0.15) is 4.63 Å². The topological polar surface area (TPSA) is 161 Å². The molecule has 0 radical (unpaired) electrons. The quantitative estimate of drug-likeness (QED) is 0.0856. The zero-order valence-corrected chi connectivity index (χ0v) is 38.5. The van der Waals surface area contributed by atoms with Crippen LogP contribution in [-0.2, 0) is 20.8 Å². The van der Waals surface area contributed by atoms with Gasteiger partial charge >= 0.3 is 5.97 Å². The lowest BCUT2D eigenvalue weighted by Crippen LogP contribution is -2.38. The monoisotopic (exact) mass is 878 g/mol. The van der Waals surface area contributed by atoms with E-state index in [2.05, 4.69) is 56.1 Å². The molecule has 0 bridgehead atoms. The van der Waals surface area contributed by atoms with E-state index in [1.54, 1.807) is 11.6 Å². The van der Waals surface area contributed by atoms with Gasteiger partial charge in [-0.1, -0.05) is 86.8 Å². The normalized spacial score (nSPS) is 20.1. The van der Waals surface area contributed by atoms with Crippen LogP contribution < -0.4 is 10.1 Å². The number of aromatic amines is 2. The number of carbonyl (C=O) groups excluding carboxylic acids is 2. The first-order chi connectivity index (χ1) is 30.1. The van der Waals surface area contributed by atoms with Gasteiger partial charge in [0.05, 0.1) is 31.2 Å². The molecule has 1 amide bonds. The van der Waals surface area contributed by atoms with Gasteiger partial charge in [0, 0.05) is 37.7 Å². The van der Waals surface area contributed by atoms with E-state index in [1.807, 2.05) is 81.6 Å². The van der Waals surface area contributed by atoms with Crippen molar-refractivity contribution in [1.29, 1.82) is 0 Å². The Morgan fingerprint density at radius 3 is 2.30 bits per heavy atom. The van der Waals surface area contributed by atoms with Crippen LogP contribution in [-0.4, -0.2) is 96.2 Å². The van der Waals surface area contributed by atoms with Gasteiger partial charge in [0.1, 0.15) is 22.4 Å². The Hall–Kier alpha value is -5.69. The maximum absolute atomic E-state index is 13.7. The van der Waals surface area contributed by atoms with E-state index in [0.29, 0.717) is 71.6 Å². The van der Waals surface area contributed by atoms with Crippen LogP contribution in [0.2, 0.25) is 5.02 Å². The van der Waals surface area contributed by atoms with Crippen LogP contribution in [0.1, 0.15) is 97.6 Å². The molecule has 2 aliphatic rings. The fraction of sp³-hybridized carbons (Fsp3) is 0.489. The highest BCUT2D eigenvalue weighted by Gasteiger charge is 2.37. The predicted molar refractivity (Wildman–Crippen MR) is 243 cm³/mol. The van der Waals surface area contributed by atoms with E-state index in [9.17, 15) is 9.59 Å². The number of nitrogens with one attached hydrogen (secondary N) is 3. The van der Waals surface area contributed by atoms with Crippen LogP contribution in [0.5, 0.6) is 5.75 Å². The molecule has 1 aliphatic heterocycles. The fourth-order valence-electron chi connectivity index (χ4n) is 8.73. The Bertz CT molecular complexity index is 2600. The van der Waals surface area contributed by atoms with Gasteiger partial charge in [-0.25, -0.2) is 19.6 Å². The van der Waals surface area contributed by atoms with E-state index in [-0.39, 0.29) is 35.3 Å². The van der Waals surface area contributed by atoms with Crippen molar-refractivity contribution in [3.8, 4) is 17.1 Å². The van der Waals surface area contributed by atoms with E-state index < -0.39 is 12.1 Å². The maximum atomic E-state index is 13.7. The Balaban J connectivity index is 0.000000197. The summed E-state index contributed by atoms with van der Waals surface area (Å²) in [6.45, 7) is 29.9. The predicted octanol–water partition coefficient (Wildman–Crippen LogP) is 8.57. The molecule has 2 fully saturated rings. The Morgan fingerprint density at radius 2 is 1.65 bits per heavy atom. The van der Waals surface area contributed by atoms with Gasteiger partial charge < -0.3 is 19.5 Å². The fourth-order valence-corrected chi connectivity index (χ4v) is 8.90. The first-order valence-corrected chi connectivity index (χ1v) is 22.2. The van der Waals surface area contributed by atoms with Gasteiger partial charge in [0.25, 0.3) is 5.91 Å². The van der Waals surface area contributed by atoms with Crippen molar-refractivity contribution in [1.82, 2.24) is 44.6 Å². The van der Waals surface area contributed by atoms with Crippen molar-refractivity contribution in [2.24, 2.45) is 17.8 Å². The smallest absolute Gasteiger partial charge is 0.331 e. The Kier molecular flexibility index (Phi) is 13.9. The van der Waals surface area contributed by atoms with Crippen molar-refractivity contribution < 1.29 is 23.8 Å². The molecule has 2 aromatic carbocycles. The number of benzene rings is 2. The second-order valence-corrected chi connectivity index (χ2v) is 18.0. The molecule has 334 valence electrons. The third kappa shape index (κ3) is 10.1. The lowest BCUT2D eigenvalue weighted by Gasteiger charge is -2.37. The summed E-state index contributed by atoms with van der Waals surface area (Å²) >= 11 is 6.19. The zero-order chi connectivity index (χ0) is 45.1. The minimum atomic E-state index is -0.597. The number of aromatic nitrogens is 7. The average Bonchev–Trinajstić information content (AvgIpc) is 4.00. The second kappa shape index (κ2) is 19.4. The number of hydrogen-bond donors (Lipinski definition) is 3. The van der Waals surface area contributed by atoms with Gasteiger partial charge in [0.15, 0.2) is 29.0 Å². The van der Waals surface area contributed by atoms with E-state index >= 15 is 0 Å². The van der Waals surface area contributed by atoms with E-state index in [0.717, 1.165) is 59.6 Å².